The van der Waals surface area contributed by atoms with E-state index in [9.17, 15) is 51.9 Å². The summed E-state index contributed by atoms with van der Waals surface area (Å²) in [5, 5.41) is 24.2. The topological polar surface area (TPSA) is 305 Å². The molecule has 2 aromatic carbocycles. The van der Waals surface area contributed by atoms with Gasteiger partial charge in [0.25, 0.3) is 17.7 Å². The van der Waals surface area contributed by atoms with Crippen molar-refractivity contribution in [1.82, 2.24) is 36.4 Å². The number of allylic oxidation sites excluding steroid dienone is 1. The van der Waals surface area contributed by atoms with E-state index in [1.54, 1.807) is 74.5 Å². The van der Waals surface area contributed by atoms with Crippen LogP contribution in [-0.2, 0) is 75.3 Å². The van der Waals surface area contributed by atoms with E-state index in [1.165, 1.54) is 45.7 Å². The summed E-state index contributed by atoms with van der Waals surface area (Å²) in [6, 6.07) is 8.69. The molecule has 384 valence electrons. The van der Waals surface area contributed by atoms with Gasteiger partial charge in [0.15, 0.2) is 6.10 Å². The Labute approximate surface area is 407 Å². The van der Waals surface area contributed by atoms with E-state index in [-0.39, 0.29) is 25.7 Å². The monoisotopic (exact) mass is 999 g/mol. The molecule has 2 aromatic rings. The Balaban J connectivity index is 1.83. The second kappa shape index (κ2) is 25.5. The van der Waals surface area contributed by atoms with E-state index >= 15 is 0 Å². The van der Waals surface area contributed by atoms with Crippen LogP contribution in [0.4, 0.5) is 0 Å². The number of fused-ring (bicyclic) bond motifs is 2. The van der Waals surface area contributed by atoms with E-state index in [2.05, 4.69) is 30.8 Å². The predicted molar refractivity (Wildman–Crippen MR) is 250 cm³/mol. The van der Waals surface area contributed by atoms with Crippen molar-refractivity contribution in [3.8, 4) is 0 Å². The van der Waals surface area contributed by atoms with Gasteiger partial charge in [-0.05, 0) is 49.7 Å². The number of benzene rings is 2. The Hall–Kier alpha value is -6.27. The quantitative estimate of drug-likeness (QED) is 0.0705. The fourth-order valence-electron chi connectivity index (χ4n) is 7.94. The number of aliphatic hydroxyl groups is 1. The molecule has 7 N–H and O–H groups in total. The number of carbonyl (C=O) groups is 8. The molecule has 22 nitrogen and oxygen atoms in total. The van der Waals surface area contributed by atoms with Crippen molar-refractivity contribution in [2.75, 3.05) is 20.8 Å². The Morgan fingerprint density at radius 1 is 0.886 bits per heavy atom. The minimum Gasteiger partial charge on any atom is -0.458 e. The number of aliphatic hydroxyl groups excluding tert-OH is 1. The molecule has 4 rings (SSSR count). The summed E-state index contributed by atoms with van der Waals surface area (Å²) in [4.78, 5) is 116. The molecule has 2 bridgehead atoms. The molecular weight excluding hydrogens is 935 g/mol. The van der Waals surface area contributed by atoms with Gasteiger partial charge in [0, 0.05) is 27.0 Å². The number of hydrogen-bond acceptors (Lipinski definition) is 14. The van der Waals surface area contributed by atoms with Crippen LogP contribution in [0.15, 0.2) is 72.4 Å². The molecule has 0 radical (unpaired) electrons. The summed E-state index contributed by atoms with van der Waals surface area (Å²) in [6.07, 6.45) is -3.52. The van der Waals surface area contributed by atoms with Gasteiger partial charge in [0.1, 0.15) is 60.9 Å². The van der Waals surface area contributed by atoms with E-state index in [4.69, 9.17) is 14.0 Å². The molecule has 0 unspecified atom stereocenters. The molecule has 70 heavy (non-hydrogen) atoms. The van der Waals surface area contributed by atoms with Gasteiger partial charge in [-0.25, -0.2) is 8.98 Å². The first kappa shape index (κ1) is 56.3. The maximum Gasteiger partial charge on any atom is 0.397 e. The number of methoxy groups -OCH3 is 1. The number of carbonyl (C=O) groups excluding carboxylic acids is 8. The van der Waals surface area contributed by atoms with Crippen LogP contribution in [0, 0.1) is 11.8 Å². The first-order chi connectivity index (χ1) is 33.0. The zero-order valence-corrected chi connectivity index (χ0v) is 41.3. The number of hydrogen-bond donors (Lipinski definition) is 7. The van der Waals surface area contributed by atoms with Gasteiger partial charge in [-0.1, -0.05) is 101 Å². The largest absolute Gasteiger partial charge is 0.458 e. The molecule has 0 aromatic heterocycles. The summed E-state index contributed by atoms with van der Waals surface area (Å²) in [7, 11) is -2.56. The maximum absolute atomic E-state index is 15.0. The highest BCUT2D eigenvalue weighted by Crippen LogP contribution is 2.25. The standard InChI is InChI=1S/C47H65N7O15S/c1-9-27(5)38-47(63)69-28(6)39(52-43(59)37(26(3)4)50-42(58)35(67-8)25-68-70(64,65)66)44(60)48-31(10-2)40(56)49-32-21-22-36(55)54(45(32)61)34(24-30-19-15-12-16-20-30)46(62)53(7)33(41(57)51-38)23-29-17-13-11-14-18-29/h10-20,26-28,32-39,55H,9,21-25H2,1-8H3,(H,48,60)(H,49,56)(H,50,58)(H,51,57)(H,52,59)(H,64,65,66)/b31-10-/t27-,28-,32+,33+,34+,35-,36-,37+,38+,39+/m1/s1. The van der Waals surface area contributed by atoms with Gasteiger partial charge in [-0.3, -0.25) is 38.1 Å². The van der Waals surface area contributed by atoms with Crippen molar-refractivity contribution >= 4 is 57.7 Å². The molecule has 0 spiro atoms. The van der Waals surface area contributed by atoms with Crippen molar-refractivity contribution < 1.29 is 70.1 Å². The lowest BCUT2D eigenvalue weighted by Gasteiger charge is -2.43. The predicted octanol–water partition coefficient (Wildman–Crippen LogP) is 0.0492. The summed E-state index contributed by atoms with van der Waals surface area (Å²) in [6.45, 7) is 8.19. The summed E-state index contributed by atoms with van der Waals surface area (Å²) in [5.74, 6) is -8.85. The van der Waals surface area contributed by atoms with Crippen LogP contribution in [0.1, 0.15) is 71.9 Å². The Morgan fingerprint density at radius 2 is 1.47 bits per heavy atom. The molecule has 2 saturated heterocycles. The number of nitrogens with one attached hydrogen (secondary N) is 5. The third-order valence-electron chi connectivity index (χ3n) is 12.3. The Kier molecular flexibility index (Phi) is 20.6. The Morgan fingerprint density at radius 3 is 2.00 bits per heavy atom. The summed E-state index contributed by atoms with van der Waals surface area (Å²) in [5.41, 5.74) is 0.841. The third-order valence-corrected chi connectivity index (χ3v) is 12.7. The van der Waals surface area contributed by atoms with E-state index in [0.717, 1.165) is 12.0 Å². The second-order valence-corrected chi connectivity index (χ2v) is 18.6. The smallest absolute Gasteiger partial charge is 0.397 e. The highest BCUT2D eigenvalue weighted by atomic mass is 32.3. The van der Waals surface area contributed by atoms with Crippen LogP contribution in [0.25, 0.3) is 0 Å². The molecule has 2 aliphatic rings. The molecule has 2 heterocycles. The SMILES string of the molecule is C/C=C1\NC(=O)[C@@H](NC(=O)[C@@H](NC(=O)[C@@H](COS(=O)(=O)O)OC)C(C)C)[C@@H](C)OC(=O)[C@H]([C@H](C)CC)NC(=O)[C@H](Cc2ccccc2)N(C)C(=O)[C@H](Cc2ccccc2)N2C(=O)[C@H](CC[C@H]2O)NC1=O. The highest BCUT2D eigenvalue weighted by molar-refractivity contribution is 7.80. The van der Waals surface area contributed by atoms with Crippen LogP contribution in [0.2, 0.25) is 0 Å². The summed E-state index contributed by atoms with van der Waals surface area (Å²) < 4.78 is 46.6. The number of likely N-dealkylation sites (N-methyl/N-ethyl adjacent to an activating group) is 1. The molecule has 2 fully saturated rings. The van der Waals surface area contributed by atoms with Crippen molar-refractivity contribution in [1.29, 1.82) is 0 Å². The van der Waals surface area contributed by atoms with Gasteiger partial charge < -0.3 is 51.0 Å². The molecule has 23 heteroatoms. The van der Waals surface area contributed by atoms with Gasteiger partial charge >= 0.3 is 16.4 Å². The molecular formula is C47H65N7O15S. The fraction of sp³-hybridized carbons (Fsp3) is 0.532. The van der Waals surface area contributed by atoms with Gasteiger partial charge in [-0.15, -0.1) is 0 Å². The maximum atomic E-state index is 15.0. The minimum absolute atomic E-state index is 0.0620. The first-order valence-corrected chi connectivity index (χ1v) is 24.3. The van der Waals surface area contributed by atoms with Crippen LogP contribution < -0.4 is 26.6 Å². The summed E-state index contributed by atoms with van der Waals surface area (Å²) >= 11 is 0. The lowest BCUT2D eigenvalue weighted by molar-refractivity contribution is -0.165. The molecule has 2 aliphatic heterocycles. The van der Waals surface area contributed by atoms with Gasteiger partial charge in [0.2, 0.25) is 23.6 Å². The van der Waals surface area contributed by atoms with Crippen molar-refractivity contribution in [3.63, 3.8) is 0 Å². The minimum atomic E-state index is -4.98. The lowest BCUT2D eigenvalue weighted by atomic mass is 9.95. The van der Waals surface area contributed by atoms with E-state index in [1.807, 2.05) is 0 Å². The second-order valence-electron chi connectivity index (χ2n) is 17.5. The number of cyclic esters (lactones) is 1. The first-order valence-electron chi connectivity index (χ1n) is 22.9. The average molecular weight is 1000 g/mol. The highest BCUT2D eigenvalue weighted by Gasteiger charge is 2.46. The fourth-order valence-corrected chi connectivity index (χ4v) is 8.24. The number of ether oxygens (including phenoxy) is 2. The number of rotatable bonds is 15. The third kappa shape index (κ3) is 15.1. The molecule has 7 amide bonds. The van der Waals surface area contributed by atoms with E-state index < -0.39 is 137 Å². The Bertz CT molecular complexity index is 2340. The van der Waals surface area contributed by atoms with Crippen LogP contribution >= 0.6 is 0 Å². The zero-order valence-electron chi connectivity index (χ0n) is 40.4. The van der Waals surface area contributed by atoms with E-state index in [0.29, 0.717) is 17.5 Å². The number of amides is 7. The molecule has 0 saturated carbocycles. The molecule has 0 aliphatic carbocycles. The van der Waals surface area contributed by atoms with Crippen molar-refractivity contribution in [2.45, 2.75) is 128 Å². The van der Waals surface area contributed by atoms with Gasteiger partial charge in [-0.2, -0.15) is 8.42 Å². The number of nitrogens with zero attached hydrogens (tertiary/aromatic N) is 2. The average Bonchev–Trinajstić information content (AvgIpc) is 3.32. The van der Waals surface area contributed by atoms with Gasteiger partial charge in [0.05, 0.1) is 0 Å². The molecule has 10 atom stereocenters. The van der Waals surface area contributed by atoms with Crippen LogP contribution in [-0.4, -0.2) is 151 Å². The zero-order chi connectivity index (χ0) is 52.0. The van der Waals surface area contributed by atoms with Crippen molar-refractivity contribution in [2.24, 2.45) is 11.8 Å². The number of piperidine rings is 1. The van der Waals surface area contributed by atoms with Crippen LogP contribution in [0.5, 0.6) is 0 Å². The van der Waals surface area contributed by atoms with Crippen molar-refractivity contribution in [3.05, 3.63) is 83.6 Å². The lowest BCUT2D eigenvalue weighted by Crippen LogP contribution is -2.64. The normalized spacial score (nSPS) is 25.3. The number of esters is 1. The van der Waals surface area contributed by atoms with Crippen LogP contribution in [0.3, 0.4) is 0 Å².